The van der Waals surface area contributed by atoms with Crippen molar-refractivity contribution in [2.45, 2.75) is 38.5 Å². The highest BCUT2D eigenvalue weighted by Gasteiger charge is 2.40. The number of nitrogens with one attached hydrogen (secondary N) is 1. The number of carbonyl (C=O) groups is 3. The summed E-state index contributed by atoms with van der Waals surface area (Å²) in [5.41, 5.74) is 3.79. The Morgan fingerprint density at radius 2 is 1.61 bits per heavy atom. The number of thioether (sulfide) groups is 1. The van der Waals surface area contributed by atoms with Gasteiger partial charge >= 0.3 is 5.97 Å². The third kappa shape index (κ3) is 5.52. The number of aryl methyl sites for hydroxylation is 2. The number of nitrogens with zero attached hydrogens (tertiary/aromatic N) is 1. The van der Waals surface area contributed by atoms with Crippen LogP contribution in [0.2, 0.25) is 0 Å². The molecule has 6 nitrogen and oxygen atoms in total. The van der Waals surface area contributed by atoms with E-state index in [-0.39, 0.29) is 5.70 Å². The SMILES string of the molecule is CCCCOC(=O)c1ccc(N2C(=O)C(Nc3ccccc3C)=C(Sc3ccc(C)cc3)C2=O)cc1. The van der Waals surface area contributed by atoms with Crippen molar-refractivity contribution in [2.24, 2.45) is 0 Å². The average molecular weight is 501 g/mol. The van der Waals surface area contributed by atoms with E-state index >= 15 is 0 Å². The van der Waals surface area contributed by atoms with Crippen LogP contribution < -0.4 is 10.2 Å². The predicted molar refractivity (Wildman–Crippen MR) is 143 cm³/mol. The van der Waals surface area contributed by atoms with Crippen molar-refractivity contribution >= 4 is 40.9 Å². The van der Waals surface area contributed by atoms with Crippen molar-refractivity contribution in [3.05, 3.63) is 100 Å². The smallest absolute Gasteiger partial charge is 0.338 e. The average Bonchev–Trinajstić information content (AvgIpc) is 3.10. The molecule has 1 N–H and O–H groups in total. The van der Waals surface area contributed by atoms with E-state index in [1.807, 2.05) is 69.3 Å². The highest BCUT2D eigenvalue weighted by Crippen LogP contribution is 2.38. The number of amides is 2. The van der Waals surface area contributed by atoms with Crippen LogP contribution in [0.5, 0.6) is 0 Å². The maximum atomic E-state index is 13.6. The molecule has 36 heavy (non-hydrogen) atoms. The molecule has 0 radical (unpaired) electrons. The molecular formula is C29H28N2O4S. The molecule has 1 heterocycles. The number of carbonyl (C=O) groups excluding carboxylic acids is 3. The number of benzene rings is 3. The van der Waals surface area contributed by atoms with Crippen LogP contribution in [0.15, 0.2) is 88.3 Å². The number of anilines is 2. The lowest BCUT2D eigenvalue weighted by atomic mass is 10.2. The molecule has 0 aliphatic carbocycles. The fourth-order valence-corrected chi connectivity index (χ4v) is 4.59. The van der Waals surface area contributed by atoms with E-state index in [9.17, 15) is 14.4 Å². The van der Waals surface area contributed by atoms with Crippen molar-refractivity contribution in [2.75, 3.05) is 16.8 Å². The lowest BCUT2D eigenvalue weighted by Crippen LogP contribution is -2.32. The maximum absolute atomic E-state index is 13.6. The van der Waals surface area contributed by atoms with E-state index in [0.717, 1.165) is 39.5 Å². The molecule has 0 aromatic heterocycles. The standard InChI is InChI=1S/C29H28N2O4S/c1-4-5-18-35-29(34)21-12-14-22(15-13-21)31-27(32)25(30-24-9-7-6-8-20(24)3)26(28(31)33)36-23-16-10-19(2)11-17-23/h6-17,30H,4-5,18H2,1-3H3. The van der Waals surface area contributed by atoms with Crippen molar-refractivity contribution in [1.29, 1.82) is 0 Å². The largest absolute Gasteiger partial charge is 0.462 e. The second kappa shape index (κ2) is 11.3. The van der Waals surface area contributed by atoms with E-state index < -0.39 is 17.8 Å². The van der Waals surface area contributed by atoms with Crippen LogP contribution in [-0.4, -0.2) is 24.4 Å². The van der Waals surface area contributed by atoms with E-state index in [2.05, 4.69) is 5.32 Å². The highest BCUT2D eigenvalue weighted by molar-refractivity contribution is 8.04. The molecule has 2 amide bonds. The number of para-hydroxylation sites is 1. The Morgan fingerprint density at radius 1 is 0.917 bits per heavy atom. The molecule has 3 aromatic rings. The molecule has 0 saturated heterocycles. The molecule has 1 aliphatic rings. The number of ether oxygens (including phenoxy) is 1. The molecule has 1 aliphatic heterocycles. The second-order valence-corrected chi connectivity index (χ2v) is 9.62. The van der Waals surface area contributed by atoms with E-state index in [0.29, 0.717) is 22.8 Å². The summed E-state index contributed by atoms with van der Waals surface area (Å²) >= 11 is 1.25. The lowest BCUT2D eigenvalue weighted by Gasteiger charge is -2.16. The van der Waals surface area contributed by atoms with E-state index in [1.54, 1.807) is 24.3 Å². The molecule has 0 unspecified atom stereocenters. The number of esters is 1. The minimum Gasteiger partial charge on any atom is -0.462 e. The fraction of sp³-hybridized carbons (Fsp3) is 0.207. The van der Waals surface area contributed by atoms with Crippen LogP contribution in [0.4, 0.5) is 11.4 Å². The molecule has 7 heteroatoms. The zero-order valence-corrected chi connectivity index (χ0v) is 21.4. The number of unbranched alkanes of at least 4 members (excludes halogenated alkanes) is 1. The minimum absolute atomic E-state index is 0.225. The molecule has 0 bridgehead atoms. The summed E-state index contributed by atoms with van der Waals surface area (Å²) in [7, 11) is 0. The molecule has 0 saturated carbocycles. The van der Waals surface area contributed by atoms with Gasteiger partial charge in [0, 0.05) is 10.6 Å². The third-order valence-electron chi connectivity index (χ3n) is 5.78. The van der Waals surface area contributed by atoms with Gasteiger partial charge in [-0.2, -0.15) is 0 Å². The summed E-state index contributed by atoms with van der Waals surface area (Å²) in [4.78, 5) is 41.7. The molecule has 0 spiro atoms. The van der Waals surface area contributed by atoms with Crippen molar-refractivity contribution in [3.8, 4) is 0 Å². The van der Waals surface area contributed by atoms with Crippen molar-refractivity contribution < 1.29 is 19.1 Å². The summed E-state index contributed by atoms with van der Waals surface area (Å²) in [5, 5.41) is 3.20. The van der Waals surface area contributed by atoms with Crippen LogP contribution in [0, 0.1) is 13.8 Å². The first-order valence-electron chi connectivity index (χ1n) is 11.9. The third-order valence-corrected chi connectivity index (χ3v) is 6.87. The van der Waals surface area contributed by atoms with Gasteiger partial charge in [-0.25, -0.2) is 9.69 Å². The summed E-state index contributed by atoms with van der Waals surface area (Å²) in [6.07, 6.45) is 1.73. The monoisotopic (exact) mass is 500 g/mol. The van der Waals surface area contributed by atoms with Gasteiger partial charge in [0.1, 0.15) is 10.6 Å². The first-order chi connectivity index (χ1) is 17.4. The fourth-order valence-electron chi connectivity index (χ4n) is 3.66. The Balaban J connectivity index is 1.63. The van der Waals surface area contributed by atoms with Gasteiger partial charge in [0.2, 0.25) is 0 Å². The van der Waals surface area contributed by atoms with Crippen LogP contribution in [0.25, 0.3) is 0 Å². The first kappa shape index (κ1) is 25.3. The lowest BCUT2D eigenvalue weighted by molar-refractivity contribution is -0.120. The van der Waals surface area contributed by atoms with Gasteiger partial charge in [0.25, 0.3) is 11.8 Å². The Bertz CT molecular complexity index is 1310. The summed E-state index contributed by atoms with van der Waals surface area (Å²) in [6, 6.07) is 21.7. The van der Waals surface area contributed by atoms with Crippen LogP contribution in [0.3, 0.4) is 0 Å². The minimum atomic E-state index is -0.448. The first-order valence-corrected chi connectivity index (χ1v) is 12.7. The Kier molecular flexibility index (Phi) is 7.90. The van der Waals surface area contributed by atoms with Gasteiger partial charge in [-0.1, -0.05) is 61.0 Å². The Hall–Kier alpha value is -3.84. The van der Waals surface area contributed by atoms with Crippen LogP contribution in [0.1, 0.15) is 41.3 Å². The molecule has 4 rings (SSSR count). The van der Waals surface area contributed by atoms with Gasteiger partial charge in [0.15, 0.2) is 0 Å². The summed E-state index contributed by atoms with van der Waals surface area (Å²) < 4.78 is 5.25. The van der Waals surface area contributed by atoms with Gasteiger partial charge in [-0.15, -0.1) is 0 Å². The van der Waals surface area contributed by atoms with Crippen molar-refractivity contribution in [3.63, 3.8) is 0 Å². The van der Waals surface area contributed by atoms with Gasteiger partial charge in [0.05, 0.1) is 17.9 Å². The van der Waals surface area contributed by atoms with Crippen LogP contribution >= 0.6 is 11.8 Å². The zero-order valence-electron chi connectivity index (χ0n) is 20.5. The summed E-state index contributed by atoms with van der Waals surface area (Å²) in [6.45, 7) is 6.31. The van der Waals surface area contributed by atoms with Gasteiger partial charge < -0.3 is 10.1 Å². The number of rotatable bonds is 9. The van der Waals surface area contributed by atoms with Crippen LogP contribution in [-0.2, 0) is 14.3 Å². The van der Waals surface area contributed by atoms with Gasteiger partial charge in [-0.3, -0.25) is 9.59 Å². The zero-order chi connectivity index (χ0) is 25.7. The number of imide groups is 1. The predicted octanol–water partition coefficient (Wildman–Crippen LogP) is 6.25. The number of hydrogen-bond donors (Lipinski definition) is 1. The van der Waals surface area contributed by atoms with Crippen molar-refractivity contribution in [1.82, 2.24) is 0 Å². The van der Waals surface area contributed by atoms with Gasteiger partial charge in [-0.05, 0) is 68.3 Å². The highest BCUT2D eigenvalue weighted by atomic mass is 32.2. The van der Waals surface area contributed by atoms with E-state index in [4.69, 9.17) is 4.74 Å². The normalized spacial score (nSPS) is 13.4. The maximum Gasteiger partial charge on any atom is 0.338 e. The quantitative estimate of drug-likeness (QED) is 0.213. The second-order valence-electron chi connectivity index (χ2n) is 8.54. The molecule has 184 valence electrons. The Morgan fingerprint density at radius 3 is 2.28 bits per heavy atom. The molecule has 0 atom stereocenters. The topological polar surface area (TPSA) is 75.7 Å². The number of hydrogen-bond acceptors (Lipinski definition) is 6. The molecular weight excluding hydrogens is 472 g/mol. The summed E-state index contributed by atoms with van der Waals surface area (Å²) in [5.74, 6) is -1.29. The Labute approximate surface area is 215 Å². The molecule has 0 fully saturated rings. The van der Waals surface area contributed by atoms with E-state index in [1.165, 1.54) is 11.8 Å². The molecule has 3 aromatic carbocycles.